The van der Waals surface area contributed by atoms with Crippen LogP contribution >= 0.6 is 0 Å². The van der Waals surface area contributed by atoms with Gasteiger partial charge in [0, 0.05) is 26.3 Å². The van der Waals surface area contributed by atoms with E-state index in [0.717, 1.165) is 16.9 Å². The minimum atomic E-state index is -0.728. The summed E-state index contributed by atoms with van der Waals surface area (Å²) in [5.74, 6) is -0.838. The standard InChI is InChI=1S/C30H25NO8/c1-3-18-7-4-5-8-24(18)39-26-17-37-25-16-20(10-12-22(25)27(26)32)38-30(35)19-9-11-21-23(15-19)29(34)31(28(21)33)13-6-14-36-2/h4-5,7-12,15-17H,3,6,13-14H2,1-2H3. The number of aryl methyl sites for hydroxylation is 1. The topological polar surface area (TPSA) is 112 Å². The summed E-state index contributed by atoms with van der Waals surface area (Å²) < 4.78 is 21.9. The fourth-order valence-electron chi connectivity index (χ4n) is 4.39. The molecule has 9 nitrogen and oxygen atoms in total. The Hall–Kier alpha value is -4.76. The van der Waals surface area contributed by atoms with Crippen LogP contribution in [0.4, 0.5) is 0 Å². The molecule has 0 atom stereocenters. The molecule has 0 bridgehead atoms. The third kappa shape index (κ3) is 5.04. The molecule has 0 radical (unpaired) electrons. The Bertz CT molecular complexity index is 1650. The van der Waals surface area contributed by atoms with Crippen molar-refractivity contribution in [3.05, 3.63) is 99.4 Å². The Morgan fingerprint density at radius 3 is 2.51 bits per heavy atom. The molecule has 1 aliphatic rings. The number of para-hydroxylation sites is 1. The van der Waals surface area contributed by atoms with Crippen molar-refractivity contribution in [2.75, 3.05) is 20.3 Å². The Balaban J connectivity index is 1.34. The van der Waals surface area contributed by atoms with Crippen LogP contribution in [0.2, 0.25) is 0 Å². The fraction of sp³-hybridized carbons (Fsp3) is 0.200. The van der Waals surface area contributed by atoms with Crippen LogP contribution in [0.15, 0.2) is 76.1 Å². The van der Waals surface area contributed by atoms with Gasteiger partial charge < -0.3 is 18.6 Å². The van der Waals surface area contributed by atoms with Crippen molar-refractivity contribution in [2.45, 2.75) is 19.8 Å². The maximum absolute atomic E-state index is 13.0. The van der Waals surface area contributed by atoms with Crippen molar-refractivity contribution >= 4 is 28.8 Å². The van der Waals surface area contributed by atoms with Gasteiger partial charge in [0.15, 0.2) is 0 Å². The van der Waals surface area contributed by atoms with E-state index in [4.69, 9.17) is 18.6 Å². The first-order chi connectivity index (χ1) is 18.9. The molecule has 9 heteroatoms. The van der Waals surface area contributed by atoms with Crippen LogP contribution in [-0.2, 0) is 11.2 Å². The van der Waals surface area contributed by atoms with Gasteiger partial charge in [-0.05, 0) is 54.8 Å². The summed E-state index contributed by atoms with van der Waals surface area (Å²) in [6, 6.07) is 16.1. The molecular formula is C30H25NO8. The average Bonchev–Trinajstić information content (AvgIpc) is 3.19. The fourth-order valence-corrected chi connectivity index (χ4v) is 4.39. The Morgan fingerprint density at radius 1 is 0.923 bits per heavy atom. The molecule has 3 aromatic carbocycles. The van der Waals surface area contributed by atoms with Crippen molar-refractivity contribution in [1.29, 1.82) is 0 Å². The number of amides is 2. The van der Waals surface area contributed by atoms with Crippen LogP contribution in [0.1, 0.15) is 50.0 Å². The van der Waals surface area contributed by atoms with Gasteiger partial charge in [0.25, 0.3) is 11.8 Å². The smallest absolute Gasteiger partial charge is 0.343 e. The second-order valence-corrected chi connectivity index (χ2v) is 8.91. The first kappa shape index (κ1) is 25.9. The Labute approximate surface area is 223 Å². The van der Waals surface area contributed by atoms with Crippen molar-refractivity contribution in [3.8, 4) is 17.2 Å². The predicted octanol–water partition coefficient (Wildman–Crippen LogP) is 5.00. The lowest BCUT2D eigenvalue weighted by Gasteiger charge is -2.12. The number of esters is 1. The molecule has 0 N–H and O–H groups in total. The highest BCUT2D eigenvalue weighted by atomic mass is 16.5. The summed E-state index contributed by atoms with van der Waals surface area (Å²) in [5.41, 5.74) is 1.29. The van der Waals surface area contributed by atoms with Gasteiger partial charge in [0.05, 0.1) is 22.1 Å². The van der Waals surface area contributed by atoms with Gasteiger partial charge in [-0.15, -0.1) is 0 Å². The molecule has 1 aliphatic heterocycles. The number of nitrogens with zero attached hydrogens (tertiary/aromatic N) is 1. The highest BCUT2D eigenvalue weighted by molar-refractivity contribution is 6.22. The van der Waals surface area contributed by atoms with E-state index in [1.165, 1.54) is 42.7 Å². The molecule has 0 aliphatic carbocycles. The molecule has 2 heterocycles. The lowest BCUT2D eigenvalue weighted by molar-refractivity contribution is 0.0638. The number of methoxy groups -OCH3 is 1. The van der Waals surface area contributed by atoms with Crippen LogP contribution in [0, 0.1) is 0 Å². The molecule has 4 aromatic rings. The number of rotatable bonds is 9. The predicted molar refractivity (Wildman–Crippen MR) is 142 cm³/mol. The molecule has 2 amide bonds. The second kappa shape index (κ2) is 10.9. The zero-order valence-electron chi connectivity index (χ0n) is 21.4. The lowest BCUT2D eigenvalue weighted by Crippen LogP contribution is -2.31. The second-order valence-electron chi connectivity index (χ2n) is 8.91. The van der Waals surface area contributed by atoms with E-state index in [9.17, 15) is 19.2 Å². The summed E-state index contributed by atoms with van der Waals surface area (Å²) in [5, 5.41) is 0.261. The molecular weight excluding hydrogens is 502 g/mol. The summed E-state index contributed by atoms with van der Waals surface area (Å²) in [7, 11) is 1.54. The molecule has 0 fully saturated rings. The minimum Gasteiger partial charge on any atom is -0.460 e. The monoisotopic (exact) mass is 527 g/mol. The Morgan fingerprint density at radius 2 is 1.72 bits per heavy atom. The normalized spacial score (nSPS) is 12.6. The molecule has 0 saturated heterocycles. The molecule has 39 heavy (non-hydrogen) atoms. The highest BCUT2D eigenvalue weighted by Gasteiger charge is 2.35. The number of carbonyl (C=O) groups is 3. The molecule has 0 saturated carbocycles. The number of fused-ring (bicyclic) bond motifs is 2. The molecule has 5 rings (SSSR count). The van der Waals surface area contributed by atoms with Gasteiger partial charge in [-0.1, -0.05) is 25.1 Å². The van der Waals surface area contributed by atoms with E-state index < -0.39 is 17.8 Å². The van der Waals surface area contributed by atoms with Gasteiger partial charge in [-0.25, -0.2) is 4.79 Å². The largest absolute Gasteiger partial charge is 0.460 e. The minimum absolute atomic E-state index is 0.0433. The number of imide groups is 1. The Kier molecular flexibility index (Phi) is 7.25. The molecule has 198 valence electrons. The number of hydrogen-bond acceptors (Lipinski definition) is 8. The molecule has 0 spiro atoms. The molecule has 1 aromatic heterocycles. The highest BCUT2D eigenvalue weighted by Crippen LogP contribution is 2.28. The maximum Gasteiger partial charge on any atom is 0.343 e. The summed E-state index contributed by atoms with van der Waals surface area (Å²) >= 11 is 0. The van der Waals surface area contributed by atoms with Crippen molar-refractivity contribution in [3.63, 3.8) is 0 Å². The van der Waals surface area contributed by atoms with Crippen LogP contribution in [0.3, 0.4) is 0 Å². The quantitative estimate of drug-likeness (QED) is 0.129. The SMILES string of the molecule is CCc1ccccc1Oc1coc2cc(OC(=O)c3ccc4c(c3)C(=O)N(CCCOC)C4=O)ccc2c1=O. The van der Waals surface area contributed by atoms with Gasteiger partial charge >= 0.3 is 5.97 Å². The number of benzene rings is 3. The van der Waals surface area contributed by atoms with Crippen LogP contribution in [0.25, 0.3) is 11.0 Å². The van der Waals surface area contributed by atoms with Crippen LogP contribution < -0.4 is 14.9 Å². The van der Waals surface area contributed by atoms with Gasteiger partial charge in [0.1, 0.15) is 23.3 Å². The zero-order chi connectivity index (χ0) is 27.5. The van der Waals surface area contributed by atoms with E-state index in [1.54, 1.807) is 13.2 Å². The van der Waals surface area contributed by atoms with Gasteiger partial charge in [0.2, 0.25) is 11.2 Å². The van der Waals surface area contributed by atoms with Crippen molar-refractivity contribution in [1.82, 2.24) is 4.90 Å². The van der Waals surface area contributed by atoms with E-state index in [-0.39, 0.29) is 51.1 Å². The third-order valence-corrected chi connectivity index (χ3v) is 6.43. The van der Waals surface area contributed by atoms with Crippen LogP contribution in [-0.4, -0.2) is 42.9 Å². The van der Waals surface area contributed by atoms with E-state index in [2.05, 4.69) is 0 Å². The summed E-state index contributed by atoms with van der Waals surface area (Å²) in [6.07, 6.45) is 2.48. The first-order valence-corrected chi connectivity index (χ1v) is 12.4. The van der Waals surface area contributed by atoms with Crippen molar-refractivity contribution < 1.29 is 33.0 Å². The lowest BCUT2D eigenvalue weighted by atomic mass is 10.1. The number of carbonyl (C=O) groups excluding carboxylic acids is 3. The van der Waals surface area contributed by atoms with Crippen molar-refractivity contribution in [2.24, 2.45) is 0 Å². The van der Waals surface area contributed by atoms with E-state index in [1.807, 2.05) is 25.1 Å². The summed E-state index contributed by atoms with van der Waals surface area (Å²) in [6.45, 7) is 2.63. The van der Waals surface area contributed by atoms with Gasteiger partial charge in [-0.2, -0.15) is 0 Å². The molecule has 0 unspecified atom stereocenters. The van der Waals surface area contributed by atoms with E-state index >= 15 is 0 Å². The maximum atomic E-state index is 13.0. The van der Waals surface area contributed by atoms with Gasteiger partial charge in [-0.3, -0.25) is 19.3 Å². The number of ether oxygens (including phenoxy) is 3. The first-order valence-electron chi connectivity index (χ1n) is 12.4. The zero-order valence-corrected chi connectivity index (χ0v) is 21.4. The third-order valence-electron chi connectivity index (χ3n) is 6.43. The number of hydrogen-bond donors (Lipinski definition) is 0. The van der Waals surface area contributed by atoms with Crippen LogP contribution in [0.5, 0.6) is 17.2 Å². The summed E-state index contributed by atoms with van der Waals surface area (Å²) in [4.78, 5) is 52.3. The van der Waals surface area contributed by atoms with E-state index in [0.29, 0.717) is 18.8 Å². The average molecular weight is 528 g/mol.